The Morgan fingerprint density at radius 2 is 2.19 bits per heavy atom. The predicted molar refractivity (Wildman–Crippen MR) is 60.6 cm³/mol. The summed E-state index contributed by atoms with van der Waals surface area (Å²) in [7, 11) is 0. The van der Waals surface area contributed by atoms with E-state index in [2.05, 4.69) is 5.32 Å². The first kappa shape index (κ1) is 13.5. The van der Waals surface area contributed by atoms with Gasteiger partial charge in [0.25, 0.3) is 0 Å². The summed E-state index contributed by atoms with van der Waals surface area (Å²) in [6, 6.07) is 3.59. The van der Waals surface area contributed by atoms with Crippen LogP contribution in [0.5, 0.6) is 0 Å². The third-order valence-electron chi connectivity index (χ3n) is 2.24. The quantitative estimate of drug-likeness (QED) is 0.801. The van der Waals surface area contributed by atoms with Crippen molar-refractivity contribution in [1.29, 1.82) is 0 Å². The molecule has 0 saturated heterocycles. The molecule has 1 heterocycles. The molecule has 5 heteroatoms. The van der Waals surface area contributed by atoms with Gasteiger partial charge in [0.2, 0.25) is 0 Å². The van der Waals surface area contributed by atoms with E-state index in [1.54, 1.807) is 0 Å². The van der Waals surface area contributed by atoms with Crippen molar-refractivity contribution in [2.24, 2.45) is 0 Å². The van der Waals surface area contributed by atoms with Crippen LogP contribution in [0, 0.1) is 0 Å². The molecule has 0 radical (unpaired) electrons. The van der Waals surface area contributed by atoms with Crippen molar-refractivity contribution in [3.8, 4) is 0 Å². The number of halogens is 3. The maximum absolute atomic E-state index is 12.2. The van der Waals surface area contributed by atoms with Crippen molar-refractivity contribution >= 4 is 11.3 Å². The summed E-state index contributed by atoms with van der Waals surface area (Å²) in [5, 5.41) is 5.05. The molecule has 1 nitrogen and oxygen atoms in total. The lowest BCUT2D eigenvalue weighted by atomic mass is 10.1. The van der Waals surface area contributed by atoms with Gasteiger partial charge < -0.3 is 5.32 Å². The van der Waals surface area contributed by atoms with Gasteiger partial charge in [-0.25, -0.2) is 0 Å². The van der Waals surface area contributed by atoms with Gasteiger partial charge in [-0.1, -0.05) is 13.0 Å². The summed E-state index contributed by atoms with van der Waals surface area (Å²) in [5.41, 5.74) is 0. The average molecular weight is 251 g/mol. The van der Waals surface area contributed by atoms with Crippen LogP contribution in [-0.4, -0.2) is 12.7 Å². The van der Waals surface area contributed by atoms with Crippen LogP contribution in [-0.2, 0) is 0 Å². The molecule has 1 unspecified atom stereocenters. The Labute approximate surface area is 97.7 Å². The molecule has 0 saturated carbocycles. The molecule has 1 aromatic heterocycles. The van der Waals surface area contributed by atoms with Crippen LogP contribution >= 0.6 is 11.3 Å². The minimum absolute atomic E-state index is 0.115. The highest BCUT2D eigenvalue weighted by molar-refractivity contribution is 7.10. The minimum Gasteiger partial charge on any atom is -0.309 e. The maximum Gasteiger partial charge on any atom is 0.389 e. The highest BCUT2D eigenvalue weighted by Gasteiger charge is 2.28. The lowest BCUT2D eigenvalue weighted by Crippen LogP contribution is -2.23. The van der Waals surface area contributed by atoms with E-state index in [-0.39, 0.29) is 12.5 Å². The van der Waals surface area contributed by atoms with Crippen LogP contribution in [0.3, 0.4) is 0 Å². The van der Waals surface area contributed by atoms with Crippen LogP contribution in [0.1, 0.15) is 37.1 Å². The lowest BCUT2D eigenvalue weighted by Gasteiger charge is -2.17. The van der Waals surface area contributed by atoms with Crippen molar-refractivity contribution in [2.75, 3.05) is 6.54 Å². The lowest BCUT2D eigenvalue weighted by molar-refractivity contribution is -0.136. The maximum atomic E-state index is 12.2. The molecule has 0 aliphatic rings. The van der Waals surface area contributed by atoms with E-state index in [4.69, 9.17) is 0 Å². The Bertz CT molecular complexity index is 282. The second-order valence-corrected chi connectivity index (χ2v) is 4.66. The summed E-state index contributed by atoms with van der Waals surface area (Å²) in [4.78, 5) is 0.984. The Morgan fingerprint density at radius 1 is 1.44 bits per heavy atom. The fraction of sp³-hybridized carbons (Fsp3) is 0.636. The second kappa shape index (κ2) is 6.25. The summed E-state index contributed by atoms with van der Waals surface area (Å²) < 4.78 is 36.5. The molecule has 0 aromatic carbocycles. The van der Waals surface area contributed by atoms with E-state index < -0.39 is 12.6 Å². The van der Waals surface area contributed by atoms with E-state index in [0.29, 0.717) is 0 Å². The smallest absolute Gasteiger partial charge is 0.309 e. The first-order chi connectivity index (χ1) is 7.53. The van der Waals surface area contributed by atoms with Crippen molar-refractivity contribution in [2.45, 2.75) is 38.4 Å². The van der Waals surface area contributed by atoms with Crippen molar-refractivity contribution in [3.05, 3.63) is 22.4 Å². The van der Waals surface area contributed by atoms with Crippen molar-refractivity contribution in [3.63, 3.8) is 0 Å². The molecule has 0 bridgehead atoms. The zero-order valence-electron chi connectivity index (χ0n) is 9.18. The highest BCUT2D eigenvalue weighted by atomic mass is 32.1. The van der Waals surface area contributed by atoms with E-state index in [1.165, 1.54) is 11.3 Å². The first-order valence-corrected chi connectivity index (χ1v) is 6.24. The standard InChI is InChI=1S/C11H16F3NS/c1-2-7-15-9(5-6-11(12,13)14)10-4-3-8-16-10/h3-4,8-9,15H,2,5-7H2,1H3. The number of thiophene rings is 1. The Hall–Kier alpha value is -0.550. The molecule has 1 N–H and O–H groups in total. The number of rotatable bonds is 6. The molecule has 16 heavy (non-hydrogen) atoms. The average Bonchev–Trinajstić information content (AvgIpc) is 2.69. The molecule has 1 aromatic rings. The van der Waals surface area contributed by atoms with E-state index >= 15 is 0 Å². The molecular weight excluding hydrogens is 235 g/mol. The third kappa shape index (κ3) is 4.99. The second-order valence-electron chi connectivity index (χ2n) is 3.68. The normalized spacial score (nSPS) is 14.0. The van der Waals surface area contributed by atoms with Crippen molar-refractivity contribution < 1.29 is 13.2 Å². The number of alkyl halides is 3. The van der Waals surface area contributed by atoms with Gasteiger partial charge in [-0.05, 0) is 30.8 Å². The zero-order chi connectivity index (χ0) is 12.0. The Kier molecular flexibility index (Phi) is 5.28. The fourth-order valence-corrected chi connectivity index (χ4v) is 2.30. The predicted octanol–water partition coefficient (Wildman–Crippen LogP) is 4.13. The highest BCUT2D eigenvalue weighted by Crippen LogP contribution is 2.29. The van der Waals surface area contributed by atoms with Gasteiger partial charge in [-0.2, -0.15) is 13.2 Å². The van der Waals surface area contributed by atoms with Crippen LogP contribution in [0.4, 0.5) is 13.2 Å². The summed E-state index contributed by atoms with van der Waals surface area (Å²) in [6.45, 7) is 2.75. The first-order valence-electron chi connectivity index (χ1n) is 5.36. The molecule has 92 valence electrons. The molecule has 0 spiro atoms. The number of hydrogen-bond donors (Lipinski definition) is 1. The van der Waals surface area contributed by atoms with Gasteiger partial charge in [-0.15, -0.1) is 11.3 Å². The van der Waals surface area contributed by atoms with E-state index in [9.17, 15) is 13.2 Å². The number of hydrogen-bond acceptors (Lipinski definition) is 2. The molecular formula is C11H16F3NS. The van der Waals surface area contributed by atoms with Gasteiger partial charge in [0.05, 0.1) is 0 Å². The Morgan fingerprint density at radius 3 is 2.69 bits per heavy atom. The third-order valence-corrected chi connectivity index (χ3v) is 3.23. The van der Waals surface area contributed by atoms with E-state index in [1.807, 2.05) is 24.4 Å². The summed E-state index contributed by atoms with van der Waals surface area (Å²) in [5.74, 6) is 0. The van der Waals surface area contributed by atoms with Crippen molar-refractivity contribution in [1.82, 2.24) is 5.32 Å². The molecule has 1 atom stereocenters. The monoisotopic (exact) mass is 251 g/mol. The van der Waals surface area contributed by atoms with E-state index in [0.717, 1.165) is 17.8 Å². The molecule has 1 rings (SSSR count). The van der Waals surface area contributed by atoms with Crippen LogP contribution < -0.4 is 5.32 Å². The molecule has 0 aliphatic carbocycles. The molecule has 0 fully saturated rings. The van der Waals surface area contributed by atoms with Gasteiger partial charge in [0, 0.05) is 17.3 Å². The van der Waals surface area contributed by atoms with Crippen LogP contribution in [0.2, 0.25) is 0 Å². The minimum atomic E-state index is -4.07. The van der Waals surface area contributed by atoms with Gasteiger partial charge in [-0.3, -0.25) is 0 Å². The summed E-state index contributed by atoms with van der Waals surface area (Å²) >= 11 is 1.50. The van der Waals surface area contributed by atoms with Gasteiger partial charge in [0.15, 0.2) is 0 Å². The number of nitrogens with one attached hydrogen (secondary N) is 1. The zero-order valence-corrected chi connectivity index (χ0v) is 10.00. The SMILES string of the molecule is CCCNC(CCC(F)(F)F)c1cccs1. The van der Waals surface area contributed by atoms with Crippen LogP contribution in [0.15, 0.2) is 17.5 Å². The molecule has 0 aliphatic heterocycles. The fourth-order valence-electron chi connectivity index (χ4n) is 1.46. The van der Waals surface area contributed by atoms with Crippen LogP contribution in [0.25, 0.3) is 0 Å². The van der Waals surface area contributed by atoms with Gasteiger partial charge in [0.1, 0.15) is 0 Å². The molecule has 0 amide bonds. The Balaban J connectivity index is 2.51. The topological polar surface area (TPSA) is 12.0 Å². The largest absolute Gasteiger partial charge is 0.389 e. The summed E-state index contributed by atoms with van der Waals surface area (Å²) in [6.07, 6.45) is -3.76. The van der Waals surface area contributed by atoms with Gasteiger partial charge >= 0.3 is 6.18 Å².